The molecule has 2 aromatic carbocycles. The molecule has 2 atom stereocenters. The summed E-state index contributed by atoms with van der Waals surface area (Å²) in [5.41, 5.74) is 2.62. The molecule has 0 unspecified atom stereocenters. The Kier molecular flexibility index (Phi) is 4.78. The van der Waals surface area contributed by atoms with Crippen LogP contribution in [0.4, 0.5) is 13.2 Å². The van der Waals surface area contributed by atoms with E-state index in [1.54, 1.807) is 18.2 Å². The van der Waals surface area contributed by atoms with Crippen molar-refractivity contribution in [3.05, 3.63) is 65.2 Å². The lowest BCUT2D eigenvalue weighted by molar-refractivity contribution is -0.153. The number of fused-ring (bicyclic) bond motifs is 1. The lowest BCUT2D eigenvalue weighted by Gasteiger charge is -2.19. The highest BCUT2D eigenvalue weighted by molar-refractivity contribution is 5.37. The van der Waals surface area contributed by atoms with Gasteiger partial charge in [-0.05, 0) is 23.6 Å². The Hall–Kier alpha value is -2.05. The van der Waals surface area contributed by atoms with E-state index in [1.807, 2.05) is 24.3 Å². The van der Waals surface area contributed by atoms with Gasteiger partial charge in [0.15, 0.2) is 6.61 Å². The third-order valence-corrected chi connectivity index (χ3v) is 4.11. The third-order valence-electron chi connectivity index (χ3n) is 4.11. The third kappa shape index (κ3) is 3.88. The topological polar surface area (TPSA) is 41.5 Å². The highest BCUT2D eigenvalue weighted by Crippen LogP contribution is 2.31. The fraction of sp³-hybridized carbons (Fsp3) is 0.333. The zero-order valence-electron chi connectivity index (χ0n) is 12.9. The van der Waals surface area contributed by atoms with Crippen LogP contribution in [-0.4, -0.2) is 23.9 Å². The predicted octanol–water partition coefficient (Wildman–Crippen LogP) is 3.38. The molecule has 0 saturated heterocycles. The molecule has 24 heavy (non-hydrogen) atoms. The fourth-order valence-electron chi connectivity index (χ4n) is 2.95. The molecule has 0 heterocycles. The Morgan fingerprint density at radius 2 is 1.79 bits per heavy atom. The van der Waals surface area contributed by atoms with E-state index in [2.05, 4.69) is 5.32 Å². The lowest BCUT2D eigenvalue weighted by Crippen LogP contribution is -2.32. The molecule has 1 aliphatic rings. The molecule has 0 fully saturated rings. The first kappa shape index (κ1) is 16.8. The van der Waals surface area contributed by atoms with Crippen molar-refractivity contribution in [3.63, 3.8) is 0 Å². The van der Waals surface area contributed by atoms with Gasteiger partial charge in [-0.2, -0.15) is 13.2 Å². The smallest absolute Gasteiger partial charge is 0.422 e. The van der Waals surface area contributed by atoms with Crippen LogP contribution in [0.25, 0.3) is 0 Å². The molecule has 0 saturated carbocycles. The Balaban J connectivity index is 1.64. The van der Waals surface area contributed by atoms with Crippen LogP contribution in [-0.2, 0) is 13.0 Å². The molecule has 0 spiro atoms. The van der Waals surface area contributed by atoms with Crippen LogP contribution in [0, 0.1) is 0 Å². The SMILES string of the molecule is O[C@H]1c2ccccc2C[C@@H]1NCc1ccccc1OCC(F)(F)F. The molecule has 3 rings (SSSR count). The molecule has 0 aromatic heterocycles. The maximum atomic E-state index is 12.3. The van der Waals surface area contributed by atoms with Gasteiger partial charge in [0.05, 0.1) is 6.10 Å². The Labute approximate surface area is 138 Å². The molecular weight excluding hydrogens is 319 g/mol. The average molecular weight is 337 g/mol. The summed E-state index contributed by atoms with van der Waals surface area (Å²) in [6.07, 6.45) is -4.31. The highest BCUT2D eigenvalue weighted by atomic mass is 19.4. The molecule has 6 heteroatoms. The van der Waals surface area contributed by atoms with Crippen molar-refractivity contribution in [2.24, 2.45) is 0 Å². The first-order valence-electron chi connectivity index (χ1n) is 7.71. The summed E-state index contributed by atoms with van der Waals surface area (Å²) < 4.78 is 41.9. The van der Waals surface area contributed by atoms with Crippen LogP contribution in [0.5, 0.6) is 5.75 Å². The molecule has 1 aliphatic carbocycles. The minimum atomic E-state index is -4.37. The van der Waals surface area contributed by atoms with Crippen LogP contribution in [0.15, 0.2) is 48.5 Å². The van der Waals surface area contributed by atoms with Crippen LogP contribution < -0.4 is 10.1 Å². The van der Waals surface area contributed by atoms with Gasteiger partial charge < -0.3 is 15.2 Å². The maximum absolute atomic E-state index is 12.3. The molecule has 3 nitrogen and oxygen atoms in total. The van der Waals surface area contributed by atoms with E-state index < -0.39 is 18.9 Å². The van der Waals surface area contributed by atoms with Crippen LogP contribution in [0.2, 0.25) is 0 Å². The summed E-state index contributed by atoms with van der Waals surface area (Å²) in [7, 11) is 0. The van der Waals surface area contributed by atoms with E-state index in [1.165, 1.54) is 6.07 Å². The van der Waals surface area contributed by atoms with Gasteiger partial charge in [0.1, 0.15) is 5.75 Å². The number of aliphatic hydroxyl groups is 1. The number of rotatable bonds is 5. The van der Waals surface area contributed by atoms with Crippen molar-refractivity contribution in [3.8, 4) is 5.75 Å². The molecule has 0 amide bonds. The van der Waals surface area contributed by atoms with Crippen molar-refractivity contribution < 1.29 is 23.0 Å². The van der Waals surface area contributed by atoms with Gasteiger partial charge in [0, 0.05) is 18.2 Å². The van der Waals surface area contributed by atoms with E-state index in [0.717, 1.165) is 11.1 Å². The first-order chi connectivity index (χ1) is 11.4. The number of hydrogen-bond acceptors (Lipinski definition) is 3. The normalized spacial score (nSPS) is 20.0. The van der Waals surface area contributed by atoms with E-state index >= 15 is 0 Å². The van der Waals surface area contributed by atoms with E-state index in [9.17, 15) is 18.3 Å². The van der Waals surface area contributed by atoms with Crippen molar-refractivity contribution in [2.45, 2.75) is 31.3 Å². The average Bonchev–Trinajstić information content (AvgIpc) is 2.88. The van der Waals surface area contributed by atoms with Gasteiger partial charge in [0.25, 0.3) is 0 Å². The summed E-state index contributed by atoms with van der Waals surface area (Å²) >= 11 is 0. The molecular formula is C18H18F3NO2. The number of hydrogen-bond donors (Lipinski definition) is 2. The molecule has 2 aromatic rings. The maximum Gasteiger partial charge on any atom is 0.422 e. The molecule has 0 radical (unpaired) electrons. The number of para-hydroxylation sites is 1. The minimum absolute atomic E-state index is 0.168. The Morgan fingerprint density at radius 1 is 1.08 bits per heavy atom. The van der Waals surface area contributed by atoms with Crippen LogP contribution in [0.1, 0.15) is 22.8 Å². The highest BCUT2D eigenvalue weighted by Gasteiger charge is 2.31. The van der Waals surface area contributed by atoms with Gasteiger partial charge >= 0.3 is 6.18 Å². The number of aliphatic hydroxyl groups excluding tert-OH is 1. The van der Waals surface area contributed by atoms with Gasteiger partial charge in [-0.1, -0.05) is 42.5 Å². The lowest BCUT2D eigenvalue weighted by atomic mass is 10.1. The van der Waals surface area contributed by atoms with E-state index in [0.29, 0.717) is 18.5 Å². The summed E-state index contributed by atoms with van der Waals surface area (Å²) in [6.45, 7) is -0.995. The van der Waals surface area contributed by atoms with Crippen molar-refractivity contribution in [1.82, 2.24) is 5.32 Å². The standard InChI is InChI=1S/C18H18F3NO2/c19-18(20,21)11-24-16-8-4-2-6-13(16)10-22-15-9-12-5-1-3-7-14(12)17(15)23/h1-8,15,17,22-23H,9-11H2/t15-,17-/m0/s1. The van der Waals surface area contributed by atoms with E-state index in [4.69, 9.17) is 4.74 Å². The summed E-state index contributed by atoms with van der Waals surface area (Å²) in [4.78, 5) is 0. The Morgan fingerprint density at radius 3 is 2.54 bits per heavy atom. The van der Waals surface area contributed by atoms with Crippen LogP contribution in [0.3, 0.4) is 0 Å². The number of benzene rings is 2. The molecule has 128 valence electrons. The zero-order chi connectivity index (χ0) is 17.2. The van der Waals surface area contributed by atoms with Crippen molar-refractivity contribution in [2.75, 3.05) is 6.61 Å². The predicted molar refractivity (Wildman–Crippen MR) is 83.7 cm³/mol. The zero-order valence-corrected chi connectivity index (χ0v) is 12.9. The van der Waals surface area contributed by atoms with E-state index in [-0.39, 0.29) is 11.8 Å². The molecule has 0 bridgehead atoms. The quantitative estimate of drug-likeness (QED) is 0.879. The van der Waals surface area contributed by atoms with Gasteiger partial charge in [-0.25, -0.2) is 0 Å². The van der Waals surface area contributed by atoms with Gasteiger partial charge in [-0.3, -0.25) is 0 Å². The Bertz CT molecular complexity index is 703. The second-order valence-corrected chi connectivity index (χ2v) is 5.85. The number of alkyl halides is 3. The van der Waals surface area contributed by atoms with Crippen molar-refractivity contribution >= 4 is 0 Å². The largest absolute Gasteiger partial charge is 0.484 e. The molecule has 2 N–H and O–H groups in total. The summed E-state index contributed by atoms with van der Waals surface area (Å²) in [5.74, 6) is 0.201. The first-order valence-corrected chi connectivity index (χ1v) is 7.71. The monoisotopic (exact) mass is 337 g/mol. The second kappa shape index (κ2) is 6.83. The fourth-order valence-corrected chi connectivity index (χ4v) is 2.95. The van der Waals surface area contributed by atoms with Crippen LogP contribution >= 0.6 is 0 Å². The molecule has 0 aliphatic heterocycles. The number of nitrogens with one attached hydrogen (secondary N) is 1. The summed E-state index contributed by atoms with van der Waals surface area (Å²) in [5, 5.41) is 13.6. The van der Waals surface area contributed by atoms with Crippen molar-refractivity contribution in [1.29, 1.82) is 0 Å². The van der Waals surface area contributed by atoms with Gasteiger partial charge in [-0.15, -0.1) is 0 Å². The van der Waals surface area contributed by atoms with Gasteiger partial charge in [0.2, 0.25) is 0 Å². The number of halogens is 3. The second-order valence-electron chi connectivity index (χ2n) is 5.85. The number of ether oxygens (including phenoxy) is 1. The summed E-state index contributed by atoms with van der Waals surface area (Å²) in [6, 6.07) is 14.1. The minimum Gasteiger partial charge on any atom is -0.484 e.